The van der Waals surface area contributed by atoms with E-state index in [1.807, 2.05) is 12.1 Å². The van der Waals surface area contributed by atoms with Crippen LogP contribution in [0.15, 0.2) is 46.6 Å². The molecule has 2 aromatic rings. The number of benzene rings is 2. The van der Waals surface area contributed by atoms with Crippen LogP contribution in [-0.4, -0.2) is 0 Å². The highest BCUT2D eigenvalue weighted by atomic mass is 35.5. The van der Waals surface area contributed by atoms with Gasteiger partial charge in [-0.1, -0.05) is 57.7 Å². The lowest BCUT2D eigenvalue weighted by atomic mass is 10.0. The van der Waals surface area contributed by atoms with Crippen LogP contribution in [0.5, 0.6) is 0 Å². The van der Waals surface area contributed by atoms with E-state index in [9.17, 15) is 0 Å². The highest BCUT2D eigenvalue weighted by Gasteiger charge is 2.04. The molecule has 21 heavy (non-hydrogen) atoms. The molecule has 0 aliphatic rings. The van der Waals surface area contributed by atoms with E-state index in [4.69, 9.17) is 34.3 Å². The quantitative estimate of drug-likeness (QED) is 0.350. The third kappa shape index (κ3) is 3.81. The van der Waals surface area contributed by atoms with Crippen LogP contribution in [-0.2, 0) is 6.42 Å². The number of rotatable bonds is 4. The van der Waals surface area contributed by atoms with Gasteiger partial charge < -0.3 is 0 Å². The van der Waals surface area contributed by atoms with Crippen molar-refractivity contribution in [3.05, 3.63) is 78.5 Å². The smallest absolute Gasteiger partial charge is 0.0561 e. The lowest BCUT2D eigenvalue weighted by Gasteiger charge is -2.06. The zero-order valence-electron chi connectivity index (χ0n) is 10.6. The van der Waals surface area contributed by atoms with Crippen molar-refractivity contribution < 1.29 is 0 Å². The van der Waals surface area contributed by atoms with Crippen molar-refractivity contribution in [1.29, 1.82) is 0 Å². The monoisotopic (exact) mass is 318 g/mol. The topological polar surface area (TPSA) is 97.5 Å². The van der Waals surface area contributed by atoms with Gasteiger partial charge in [-0.25, -0.2) is 0 Å². The highest BCUT2D eigenvalue weighted by Crippen LogP contribution is 2.29. The Morgan fingerprint density at radius 1 is 0.810 bits per heavy atom. The van der Waals surface area contributed by atoms with E-state index in [2.05, 4.69) is 20.1 Å². The van der Waals surface area contributed by atoms with Gasteiger partial charge in [-0.2, -0.15) is 0 Å². The zero-order chi connectivity index (χ0) is 15.2. The predicted molar refractivity (Wildman–Crippen MR) is 83.3 cm³/mol. The van der Waals surface area contributed by atoms with Gasteiger partial charge in [0.1, 0.15) is 0 Å². The van der Waals surface area contributed by atoms with Crippen LogP contribution in [0.1, 0.15) is 11.1 Å². The van der Waals surface area contributed by atoms with Crippen molar-refractivity contribution in [1.82, 2.24) is 0 Å². The molecule has 0 atom stereocenters. The molecule has 2 rings (SSSR count). The summed E-state index contributed by atoms with van der Waals surface area (Å²) in [6.45, 7) is 0. The Balaban J connectivity index is 2.26. The van der Waals surface area contributed by atoms with Crippen LogP contribution in [0.25, 0.3) is 20.9 Å². The maximum atomic E-state index is 8.40. The molecular formula is C13H8Cl2N6. The Labute approximate surface area is 130 Å². The summed E-state index contributed by atoms with van der Waals surface area (Å²) in [6.07, 6.45) is 0.604. The van der Waals surface area contributed by atoms with Crippen molar-refractivity contribution in [2.75, 3.05) is 0 Å². The Morgan fingerprint density at radius 2 is 1.24 bits per heavy atom. The third-order valence-electron chi connectivity index (χ3n) is 2.74. The molecule has 8 heteroatoms. The van der Waals surface area contributed by atoms with Crippen molar-refractivity contribution in [2.45, 2.75) is 6.42 Å². The fourth-order valence-corrected chi connectivity index (χ4v) is 2.30. The second-order valence-electron chi connectivity index (χ2n) is 4.13. The fraction of sp³-hybridized carbons (Fsp3) is 0.0769. The summed E-state index contributed by atoms with van der Waals surface area (Å²) in [6, 6.07) is 10.4. The number of halogens is 2. The van der Waals surface area contributed by atoms with Gasteiger partial charge in [0.2, 0.25) is 0 Å². The molecule has 0 fully saturated rings. The molecule has 6 nitrogen and oxygen atoms in total. The summed E-state index contributed by atoms with van der Waals surface area (Å²) in [7, 11) is 0. The molecule has 0 N–H and O–H groups in total. The Kier molecular flexibility index (Phi) is 4.93. The van der Waals surface area contributed by atoms with Crippen LogP contribution < -0.4 is 0 Å². The molecule has 0 saturated carbocycles. The number of hydrogen-bond donors (Lipinski definition) is 0. The minimum atomic E-state index is 0.389. The molecule has 0 radical (unpaired) electrons. The van der Waals surface area contributed by atoms with E-state index in [1.54, 1.807) is 24.3 Å². The zero-order valence-corrected chi connectivity index (χ0v) is 12.1. The first-order chi connectivity index (χ1) is 10.1. The van der Waals surface area contributed by atoms with Crippen molar-refractivity contribution in [3.8, 4) is 0 Å². The first-order valence-corrected chi connectivity index (χ1v) is 6.56. The maximum Gasteiger partial charge on any atom is 0.0561 e. The van der Waals surface area contributed by atoms with Crippen molar-refractivity contribution in [3.63, 3.8) is 0 Å². The lowest BCUT2D eigenvalue weighted by Crippen LogP contribution is -1.88. The summed E-state index contributed by atoms with van der Waals surface area (Å²) in [5, 5.41) is 7.74. The molecule has 0 spiro atoms. The summed E-state index contributed by atoms with van der Waals surface area (Å²) in [5.41, 5.74) is 19.5. The standard InChI is InChI=1S/C13H8Cl2N6/c14-10-6-8(1-3-12(10)18-20-16)5-9-2-4-13(19-21-17)11(15)7-9/h1-4,6-7H,5H2. The molecule has 104 valence electrons. The average Bonchev–Trinajstić information content (AvgIpc) is 2.45. The largest absolute Gasteiger partial charge is 0.0838 e. The number of azide groups is 2. The molecule has 0 aliphatic heterocycles. The van der Waals surface area contributed by atoms with E-state index in [0.717, 1.165) is 11.1 Å². The maximum absolute atomic E-state index is 8.40. The SMILES string of the molecule is [N-]=[N+]=Nc1ccc(Cc2ccc(N=[N+]=[N-])c(Cl)c2)cc1Cl. The Hall–Kier alpha value is -2.36. The van der Waals surface area contributed by atoms with Gasteiger partial charge in [0.25, 0.3) is 0 Å². The van der Waals surface area contributed by atoms with Crippen LogP contribution in [0.4, 0.5) is 11.4 Å². The summed E-state index contributed by atoms with van der Waals surface area (Å²) in [4.78, 5) is 5.41. The van der Waals surface area contributed by atoms with Crippen molar-refractivity contribution >= 4 is 34.6 Å². The molecule has 0 aliphatic carbocycles. The molecule has 0 unspecified atom stereocenters. The third-order valence-corrected chi connectivity index (χ3v) is 3.34. The van der Waals surface area contributed by atoms with Gasteiger partial charge in [-0.05, 0) is 40.7 Å². The van der Waals surface area contributed by atoms with Crippen LogP contribution in [0.2, 0.25) is 10.0 Å². The summed E-state index contributed by atoms with van der Waals surface area (Å²) >= 11 is 12.1. The molecule has 2 aromatic carbocycles. The number of hydrogen-bond acceptors (Lipinski definition) is 2. The van der Waals surface area contributed by atoms with Gasteiger partial charge in [-0.15, -0.1) is 0 Å². The van der Waals surface area contributed by atoms with Gasteiger partial charge in [0.15, 0.2) is 0 Å². The number of nitrogens with zero attached hydrogens (tertiary/aromatic N) is 6. The van der Waals surface area contributed by atoms with Crippen molar-refractivity contribution in [2.24, 2.45) is 10.2 Å². The summed E-state index contributed by atoms with van der Waals surface area (Å²) < 4.78 is 0. The average molecular weight is 319 g/mol. The van der Waals surface area contributed by atoms with Gasteiger partial charge in [-0.3, -0.25) is 0 Å². The van der Waals surface area contributed by atoms with Crippen LogP contribution >= 0.6 is 23.2 Å². The predicted octanol–water partition coefficient (Wildman–Crippen LogP) is 6.47. The minimum absolute atomic E-state index is 0.389. The molecule has 0 saturated heterocycles. The van der Waals surface area contributed by atoms with Gasteiger partial charge >= 0.3 is 0 Å². The minimum Gasteiger partial charge on any atom is -0.0838 e. The molecular weight excluding hydrogens is 311 g/mol. The van der Waals surface area contributed by atoms with E-state index >= 15 is 0 Å². The van der Waals surface area contributed by atoms with Crippen LogP contribution in [0.3, 0.4) is 0 Å². The Morgan fingerprint density at radius 3 is 1.57 bits per heavy atom. The first kappa shape index (κ1) is 15.0. The van der Waals surface area contributed by atoms with Crippen LogP contribution in [0, 0.1) is 0 Å². The van der Waals surface area contributed by atoms with Gasteiger partial charge in [0, 0.05) is 9.82 Å². The molecule has 0 bridgehead atoms. The van der Waals surface area contributed by atoms with Gasteiger partial charge in [0.05, 0.1) is 21.4 Å². The second-order valence-corrected chi connectivity index (χ2v) is 4.94. The fourth-order valence-electron chi connectivity index (χ4n) is 1.81. The normalized spacial score (nSPS) is 9.62. The molecule has 0 amide bonds. The lowest BCUT2D eigenvalue weighted by molar-refractivity contribution is 1.19. The van der Waals surface area contributed by atoms with E-state index in [1.165, 1.54) is 0 Å². The first-order valence-electron chi connectivity index (χ1n) is 5.81. The Bertz CT molecular complexity index is 711. The highest BCUT2D eigenvalue weighted by molar-refractivity contribution is 6.33. The van der Waals surface area contributed by atoms with E-state index in [0.29, 0.717) is 27.8 Å². The molecule has 0 heterocycles. The second kappa shape index (κ2) is 6.88. The van der Waals surface area contributed by atoms with E-state index in [-0.39, 0.29) is 0 Å². The molecule has 0 aromatic heterocycles. The summed E-state index contributed by atoms with van der Waals surface area (Å²) in [5.74, 6) is 0. The van der Waals surface area contributed by atoms with E-state index < -0.39 is 0 Å².